The number of ketones is 2. The van der Waals surface area contributed by atoms with Gasteiger partial charge in [0.2, 0.25) is 6.79 Å². The second kappa shape index (κ2) is 8.74. The lowest BCUT2D eigenvalue weighted by Gasteiger charge is -2.39. The van der Waals surface area contributed by atoms with E-state index >= 15 is 0 Å². The van der Waals surface area contributed by atoms with Crippen LogP contribution in [0.15, 0.2) is 0 Å². The molecule has 0 aliphatic carbocycles. The van der Waals surface area contributed by atoms with Gasteiger partial charge in [-0.05, 0) is 34.1 Å². The smallest absolute Gasteiger partial charge is 0.437 e. The number of hydrogen-bond donors (Lipinski definition) is 0. The Hall–Kier alpha value is -1.08. The van der Waals surface area contributed by atoms with E-state index in [4.69, 9.17) is 18.3 Å². The molecule has 1 aliphatic rings. The summed E-state index contributed by atoms with van der Waals surface area (Å²) in [5.41, 5.74) is -1.43. The maximum atomic E-state index is 12.6. The van der Waals surface area contributed by atoms with Gasteiger partial charge in [-0.2, -0.15) is 0 Å². The van der Waals surface area contributed by atoms with Gasteiger partial charge < -0.3 is 9.53 Å². The normalized spacial score (nSPS) is 25.5. The summed E-state index contributed by atoms with van der Waals surface area (Å²) in [5.74, 6) is -0.798. The molecule has 1 aliphatic heterocycles. The van der Waals surface area contributed by atoms with Crippen molar-refractivity contribution in [3.8, 4) is 0 Å². The first-order chi connectivity index (χ1) is 11.8. The summed E-state index contributed by atoms with van der Waals surface area (Å²) >= 11 is 0. The lowest BCUT2D eigenvalue weighted by Crippen LogP contribution is -2.44. The molecule has 9 heteroatoms. The largest absolute Gasteiger partial charge is 0.478 e. The number of ether oxygens (including phenoxy) is 1. The molecule has 0 N–H and O–H groups in total. The SMILES string of the molecule is CC(=O)CCCC(=O)[C@@H]1O[P@@](=O)(OCOC(=O)C(C)(C)C)OCC1(C)C. The monoisotopic (exact) mass is 392 g/mol. The van der Waals surface area contributed by atoms with Crippen molar-refractivity contribution in [3.05, 3.63) is 0 Å². The second-order valence-electron chi connectivity index (χ2n) is 8.15. The van der Waals surface area contributed by atoms with Crippen molar-refractivity contribution in [2.75, 3.05) is 13.4 Å². The van der Waals surface area contributed by atoms with Gasteiger partial charge in [-0.1, -0.05) is 13.8 Å². The molecule has 0 aromatic carbocycles. The average molecular weight is 392 g/mol. The van der Waals surface area contributed by atoms with Crippen LogP contribution >= 0.6 is 7.82 Å². The lowest BCUT2D eigenvalue weighted by atomic mass is 9.84. The molecule has 0 amide bonds. The van der Waals surface area contributed by atoms with Crippen LogP contribution < -0.4 is 0 Å². The van der Waals surface area contributed by atoms with Crippen LogP contribution in [0.1, 0.15) is 60.8 Å². The number of hydrogen-bond acceptors (Lipinski definition) is 8. The minimum absolute atomic E-state index is 0.000347. The minimum atomic E-state index is -4.03. The standard InChI is InChI=1S/C17H29O8P/c1-12(18)8-7-9-13(19)14-17(5,6)10-23-26(21,25-14)24-11-22-15(20)16(2,3)4/h14H,7-11H2,1-6H3/t14-,26+/m0/s1. The second-order valence-corrected chi connectivity index (χ2v) is 9.77. The summed E-state index contributed by atoms with van der Waals surface area (Å²) < 4.78 is 33.0. The van der Waals surface area contributed by atoms with Crippen molar-refractivity contribution < 1.29 is 37.3 Å². The molecule has 26 heavy (non-hydrogen) atoms. The Morgan fingerprint density at radius 2 is 1.81 bits per heavy atom. The Balaban J connectivity index is 2.66. The predicted molar refractivity (Wildman–Crippen MR) is 93.3 cm³/mol. The number of esters is 1. The summed E-state index contributed by atoms with van der Waals surface area (Å²) in [4.78, 5) is 35.2. The zero-order valence-electron chi connectivity index (χ0n) is 16.3. The van der Waals surface area contributed by atoms with Crippen LogP contribution in [0.5, 0.6) is 0 Å². The highest BCUT2D eigenvalue weighted by Gasteiger charge is 2.48. The van der Waals surface area contributed by atoms with E-state index in [0.717, 1.165) is 0 Å². The van der Waals surface area contributed by atoms with Gasteiger partial charge in [-0.3, -0.25) is 18.6 Å². The number of phosphoric ester groups is 1. The Morgan fingerprint density at radius 3 is 2.35 bits per heavy atom. The van der Waals surface area contributed by atoms with Crippen molar-refractivity contribution in [2.24, 2.45) is 10.8 Å². The summed E-state index contributed by atoms with van der Waals surface area (Å²) in [5, 5.41) is 0. The van der Waals surface area contributed by atoms with Crippen molar-refractivity contribution >= 4 is 25.4 Å². The number of carbonyl (C=O) groups excluding carboxylic acids is 3. The molecule has 1 saturated heterocycles. The maximum Gasteiger partial charge on any atom is 0.478 e. The van der Waals surface area contributed by atoms with Crippen LogP contribution in [0.3, 0.4) is 0 Å². The van der Waals surface area contributed by atoms with Crippen molar-refractivity contribution in [3.63, 3.8) is 0 Å². The quantitative estimate of drug-likeness (QED) is 0.351. The highest BCUT2D eigenvalue weighted by atomic mass is 31.2. The molecular weight excluding hydrogens is 363 g/mol. The first-order valence-electron chi connectivity index (χ1n) is 8.54. The third-order valence-corrected chi connectivity index (χ3v) is 5.13. The highest BCUT2D eigenvalue weighted by molar-refractivity contribution is 7.48. The third kappa shape index (κ3) is 6.91. The fraction of sp³-hybridized carbons (Fsp3) is 0.824. The van der Waals surface area contributed by atoms with Crippen molar-refractivity contribution in [2.45, 2.75) is 66.9 Å². The third-order valence-electron chi connectivity index (χ3n) is 3.80. The fourth-order valence-electron chi connectivity index (χ4n) is 2.19. The number of rotatable bonds is 8. The molecule has 1 fully saturated rings. The molecule has 0 saturated carbocycles. The van der Waals surface area contributed by atoms with Gasteiger partial charge in [0.15, 0.2) is 5.78 Å². The molecule has 0 radical (unpaired) electrons. The molecule has 0 bridgehead atoms. The van der Waals surface area contributed by atoms with E-state index in [2.05, 4.69) is 0 Å². The highest BCUT2D eigenvalue weighted by Crippen LogP contribution is 2.57. The van der Waals surface area contributed by atoms with E-state index in [9.17, 15) is 18.9 Å². The molecular formula is C17H29O8P. The summed E-state index contributed by atoms with van der Waals surface area (Å²) in [7, 11) is -4.03. The molecule has 0 aromatic rings. The minimum Gasteiger partial charge on any atom is -0.437 e. The van der Waals surface area contributed by atoms with Crippen LogP contribution in [0, 0.1) is 10.8 Å². The average Bonchev–Trinajstić information content (AvgIpc) is 2.48. The Kier molecular flexibility index (Phi) is 7.72. The molecule has 0 spiro atoms. The number of Topliss-reactive ketones (excluding diaryl/α,β-unsaturated/α-hetero) is 2. The van der Waals surface area contributed by atoms with Crippen molar-refractivity contribution in [1.29, 1.82) is 0 Å². The fourth-order valence-corrected chi connectivity index (χ4v) is 3.72. The molecule has 150 valence electrons. The zero-order chi connectivity index (χ0) is 20.2. The van der Waals surface area contributed by atoms with Crippen LogP contribution in [-0.4, -0.2) is 37.0 Å². The van der Waals surface area contributed by atoms with Crippen LogP contribution in [0.2, 0.25) is 0 Å². The van der Waals surface area contributed by atoms with E-state index in [1.165, 1.54) is 6.92 Å². The molecule has 2 atom stereocenters. The van der Waals surface area contributed by atoms with E-state index in [1.807, 2.05) is 0 Å². The van der Waals surface area contributed by atoms with Gasteiger partial charge in [0.05, 0.1) is 12.0 Å². The van der Waals surface area contributed by atoms with Gasteiger partial charge in [0.25, 0.3) is 0 Å². The Morgan fingerprint density at radius 1 is 1.19 bits per heavy atom. The van der Waals surface area contributed by atoms with E-state index < -0.39 is 37.5 Å². The summed E-state index contributed by atoms with van der Waals surface area (Å²) in [6.07, 6.45) is -0.162. The maximum absolute atomic E-state index is 12.6. The van der Waals surface area contributed by atoms with Crippen LogP contribution in [0.25, 0.3) is 0 Å². The molecule has 0 aromatic heterocycles. The molecule has 8 nitrogen and oxygen atoms in total. The summed E-state index contributed by atoms with van der Waals surface area (Å²) in [6, 6.07) is 0. The lowest BCUT2D eigenvalue weighted by molar-refractivity contribution is -0.163. The number of phosphoric acid groups is 1. The molecule has 0 unspecified atom stereocenters. The Bertz CT molecular complexity index is 590. The number of carbonyl (C=O) groups is 3. The van der Waals surface area contributed by atoms with Gasteiger partial charge in [0, 0.05) is 18.3 Å². The van der Waals surface area contributed by atoms with Gasteiger partial charge in [-0.15, -0.1) is 0 Å². The van der Waals surface area contributed by atoms with E-state index in [0.29, 0.717) is 12.8 Å². The molecule has 1 rings (SSSR count). The first-order valence-corrected chi connectivity index (χ1v) is 10.00. The summed E-state index contributed by atoms with van der Waals surface area (Å²) in [6.45, 7) is 9.36. The van der Waals surface area contributed by atoms with Gasteiger partial charge in [0.1, 0.15) is 11.9 Å². The van der Waals surface area contributed by atoms with Gasteiger partial charge >= 0.3 is 13.8 Å². The topological polar surface area (TPSA) is 105 Å². The van der Waals surface area contributed by atoms with E-state index in [1.54, 1.807) is 34.6 Å². The Labute approximate surface area is 154 Å². The van der Waals surface area contributed by atoms with Crippen LogP contribution in [0.4, 0.5) is 0 Å². The predicted octanol–water partition coefficient (Wildman–Crippen LogP) is 3.43. The first kappa shape index (κ1) is 23.0. The van der Waals surface area contributed by atoms with Crippen molar-refractivity contribution in [1.82, 2.24) is 0 Å². The molecule has 1 heterocycles. The zero-order valence-corrected chi connectivity index (χ0v) is 17.2. The van der Waals surface area contributed by atoms with Crippen LogP contribution in [-0.2, 0) is 37.3 Å². The van der Waals surface area contributed by atoms with E-state index in [-0.39, 0.29) is 24.6 Å². The van der Waals surface area contributed by atoms with Gasteiger partial charge in [-0.25, -0.2) is 9.09 Å².